The summed E-state index contributed by atoms with van der Waals surface area (Å²) in [5.74, 6) is 2.95. The van der Waals surface area contributed by atoms with Gasteiger partial charge in [-0.1, -0.05) is 26.0 Å². The van der Waals surface area contributed by atoms with Gasteiger partial charge in [0.25, 0.3) is 0 Å². The molecule has 0 aromatic rings. The number of allylic oxidation sites excluding steroid dienone is 1. The third kappa shape index (κ3) is 1.84. The average molecular weight is 290 g/mol. The number of aliphatic hydroxyl groups is 2. The van der Waals surface area contributed by atoms with Crippen molar-refractivity contribution in [3.8, 4) is 0 Å². The Hall–Kier alpha value is -0.340. The van der Waals surface area contributed by atoms with Gasteiger partial charge in [-0.3, -0.25) is 0 Å². The van der Waals surface area contributed by atoms with Gasteiger partial charge in [-0.05, 0) is 79.4 Å². The van der Waals surface area contributed by atoms with Crippen LogP contribution in [0, 0.1) is 34.5 Å². The van der Waals surface area contributed by atoms with Gasteiger partial charge in [0.05, 0.1) is 12.2 Å². The number of fused-ring (bicyclic) bond motifs is 5. The third-order valence-corrected chi connectivity index (χ3v) is 8.12. The minimum atomic E-state index is -0.221. The van der Waals surface area contributed by atoms with Crippen LogP contribution in [0.15, 0.2) is 12.2 Å². The number of aliphatic hydroxyl groups excluding tert-OH is 2. The van der Waals surface area contributed by atoms with Crippen molar-refractivity contribution in [3.63, 3.8) is 0 Å². The highest BCUT2D eigenvalue weighted by Gasteiger charge is 2.59. The molecule has 0 saturated heterocycles. The largest absolute Gasteiger partial charge is 0.393 e. The van der Waals surface area contributed by atoms with Crippen molar-refractivity contribution in [1.82, 2.24) is 0 Å². The van der Waals surface area contributed by atoms with Crippen molar-refractivity contribution in [2.24, 2.45) is 34.5 Å². The Morgan fingerprint density at radius 3 is 2.57 bits per heavy atom. The molecule has 3 saturated carbocycles. The first kappa shape index (κ1) is 14.3. The monoisotopic (exact) mass is 290 g/mol. The fourth-order valence-electron chi connectivity index (χ4n) is 6.76. The Bertz CT molecular complexity index is 458. The highest BCUT2D eigenvalue weighted by molar-refractivity contribution is 5.17. The topological polar surface area (TPSA) is 40.5 Å². The van der Waals surface area contributed by atoms with E-state index in [0.717, 1.165) is 30.6 Å². The molecule has 4 rings (SSSR count). The number of rotatable bonds is 0. The lowest BCUT2D eigenvalue weighted by Gasteiger charge is -2.59. The molecule has 0 unspecified atom stereocenters. The zero-order chi connectivity index (χ0) is 14.8. The predicted octanol–water partition coefficient (Wildman–Crippen LogP) is 3.53. The van der Waals surface area contributed by atoms with Crippen LogP contribution < -0.4 is 0 Å². The molecule has 21 heavy (non-hydrogen) atoms. The fourth-order valence-corrected chi connectivity index (χ4v) is 6.76. The van der Waals surface area contributed by atoms with E-state index >= 15 is 0 Å². The van der Waals surface area contributed by atoms with Gasteiger partial charge < -0.3 is 10.2 Å². The molecule has 0 amide bonds. The van der Waals surface area contributed by atoms with E-state index in [4.69, 9.17) is 0 Å². The van der Waals surface area contributed by atoms with Crippen LogP contribution in [-0.2, 0) is 0 Å². The summed E-state index contributed by atoms with van der Waals surface area (Å²) in [6.45, 7) is 4.80. The van der Waals surface area contributed by atoms with Crippen molar-refractivity contribution < 1.29 is 10.2 Å². The Balaban J connectivity index is 1.67. The second-order valence-electron chi connectivity index (χ2n) is 8.82. The van der Waals surface area contributed by atoms with Crippen LogP contribution in [0.3, 0.4) is 0 Å². The molecule has 2 nitrogen and oxygen atoms in total. The van der Waals surface area contributed by atoms with Gasteiger partial charge in [-0.15, -0.1) is 0 Å². The molecule has 0 aliphatic heterocycles. The fraction of sp³-hybridized carbons (Fsp3) is 0.895. The number of hydrogen-bond acceptors (Lipinski definition) is 2. The normalized spacial score (nSPS) is 59.2. The lowest BCUT2D eigenvalue weighted by molar-refractivity contribution is -0.0994. The summed E-state index contributed by atoms with van der Waals surface area (Å²) in [5.41, 5.74) is 0.472. The molecule has 0 aromatic carbocycles. The summed E-state index contributed by atoms with van der Waals surface area (Å²) in [7, 11) is 0. The highest BCUT2D eigenvalue weighted by Crippen LogP contribution is 2.65. The molecule has 4 aliphatic rings. The van der Waals surface area contributed by atoms with Crippen LogP contribution in [-0.4, -0.2) is 22.4 Å². The standard InChI is InChI=1S/C19H30O2/c1-18-9-7-13(20)11-12(18)3-4-14-15-5-6-17(21)19(15,2)10-8-16(14)18/h7,9,12-17,20-21H,3-6,8,10-11H2,1-2H3/t12-,13+,14-,15-,16-,17+,18-,19-/m0/s1. The second-order valence-corrected chi connectivity index (χ2v) is 8.82. The summed E-state index contributed by atoms with van der Waals surface area (Å²) in [4.78, 5) is 0. The quantitative estimate of drug-likeness (QED) is 0.670. The molecule has 0 bridgehead atoms. The van der Waals surface area contributed by atoms with Crippen molar-refractivity contribution >= 4 is 0 Å². The molecule has 118 valence electrons. The van der Waals surface area contributed by atoms with Crippen LogP contribution in [0.4, 0.5) is 0 Å². The van der Waals surface area contributed by atoms with Gasteiger partial charge in [0, 0.05) is 0 Å². The molecule has 0 radical (unpaired) electrons. The number of hydrogen-bond donors (Lipinski definition) is 2. The minimum absolute atomic E-state index is 0.0716. The summed E-state index contributed by atoms with van der Waals surface area (Å²) in [6, 6.07) is 0. The first-order chi connectivity index (χ1) is 9.95. The molecule has 8 atom stereocenters. The first-order valence-corrected chi connectivity index (χ1v) is 9.00. The Labute approximate surface area is 128 Å². The zero-order valence-corrected chi connectivity index (χ0v) is 13.5. The van der Waals surface area contributed by atoms with Gasteiger partial charge in [-0.2, -0.15) is 0 Å². The van der Waals surface area contributed by atoms with Gasteiger partial charge in [0.1, 0.15) is 0 Å². The lowest BCUT2D eigenvalue weighted by atomic mass is 9.46. The maximum Gasteiger partial charge on any atom is 0.0724 e. The van der Waals surface area contributed by atoms with Crippen molar-refractivity contribution in [2.45, 2.75) is 71.0 Å². The summed E-state index contributed by atoms with van der Waals surface area (Å²) >= 11 is 0. The SMILES string of the molecule is C[C@]12C=C[C@@H](O)C[C@@H]1CC[C@@H]1[C@@H]2CC[C@]2(C)[C@H](O)CC[C@@H]12. The van der Waals surface area contributed by atoms with Crippen LogP contribution in [0.1, 0.15) is 58.8 Å². The lowest BCUT2D eigenvalue weighted by Crippen LogP contribution is -2.53. The third-order valence-electron chi connectivity index (χ3n) is 8.12. The molecule has 0 spiro atoms. The predicted molar refractivity (Wildman–Crippen MR) is 83.6 cm³/mol. The Morgan fingerprint density at radius 2 is 1.76 bits per heavy atom. The first-order valence-electron chi connectivity index (χ1n) is 9.00. The van der Waals surface area contributed by atoms with E-state index in [2.05, 4.69) is 26.0 Å². The maximum atomic E-state index is 10.5. The van der Waals surface area contributed by atoms with E-state index in [9.17, 15) is 10.2 Å². The Morgan fingerprint density at radius 1 is 0.952 bits per heavy atom. The van der Waals surface area contributed by atoms with E-state index < -0.39 is 0 Å². The molecule has 2 N–H and O–H groups in total. The van der Waals surface area contributed by atoms with Gasteiger partial charge in [0.15, 0.2) is 0 Å². The molecular weight excluding hydrogens is 260 g/mol. The van der Waals surface area contributed by atoms with Crippen LogP contribution in [0.2, 0.25) is 0 Å². The smallest absolute Gasteiger partial charge is 0.0724 e. The second kappa shape index (κ2) is 4.58. The molecule has 0 aromatic heterocycles. The molecule has 4 aliphatic carbocycles. The van der Waals surface area contributed by atoms with Crippen molar-refractivity contribution in [3.05, 3.63) is 12.2 Å². The molecule has 0 heterocycles. The van der Waals surface area contributed by atoms with E-state index in [-0.39, 0.29) is 23.0 Å². The molecule has 2 heteroatoms. The van der Waals surface area contributed by atoms with Crippen LogP contribution in [0.5, 0.6) is 0 Å². The van der Waals surface area contributed by atoms with E-state index in [1.54, 1.807) is 0 Å². The molecule has 3 fully saturated rings. The molecular formula is C19H30O2. The van der Waals surface area contributed by atoms with E-state index in [1.165, 1.54) is 32.1 Å². The highest BCUT2D eigenvalue weighted by atomic mass is 16.3. The maximum absolute atomic E-state index is 10.5. The van der Waals surface area contributed by atoms with Crippen LogP contribution in [0.25, 0.3) is 0 Å². The summed E-state index contributed by atoms with van der Waals surface area (Å²) in [6.07, 6.45) is 12.4. The minimum Gasteiger partial charge on any atom is -0.393 e. The average Bonchev–Trinajstić information content (AvgIpc) is 2.76. The zero-order valence-electron chi connectivity index (χ0n) is 13.5. The van der Waals surface area contributed by atoms with Gasteiger partial charge in [-0.25, -0.2) is 0 Å². The van der Waals surface area contributed by atoms with E-state index in [0.29, 0.717) is 5.92 Å². The van der Waals surface area contributed by atoms with Gasteiger partial charge >= 0.3 is 0 Å². The van der Waals surface area contributed by atoms with Crippen LogP contribution >= 0.6 is 0 Å². The van der Waals surface area contributed by atoms with Gasteiger partial charge in [0.2, 0.25) is 0 Å². The summed E-state index contributed by atoms with van der Waals surface area (Å²) < 4.78 is 0. The van der Waals surface area contributed by atoms with Crippen molar-refractivity contribution in [2.75, 3.05) is 0 Å². The van der Waals surface area contributed by atoms with Crippen molar-refractivity contribution in [1.29, 1.82) is 0 Å². The van der Waals surface area contributed by atoms with E-state index in [1.807, 2.05) is 0 Å². The Kier molecular flexibility index (Phi) is 3.11. The summed E-state index contributed by atoms with van der Waals surface area (Å²) in [5, 5.41) is 20.4.